The molecule has 0 aliphatic rings. The van der Waals surface area contributed by atoms with Gasteiger partial charge in [0, 0.05) is 11.6 Å². The Morgan fingerprint density at radius 3 is 2.78 bits per heavy atom. The Kier molecular flexibility index (Phi) is 3.46. The van der Waals surface area contributed by atoms with Crippen molar-refractivity contribution in [2.24, 2.45) is 0 Å². The number of rotatable bonds is 3. The molecule has 1 unspecified atom stereocenters. The number of hydrogen-bond acceptors (Lipinski definition) is 3. The summed E-state index contributed by atoms with van der Waals surface area (Å²) in [5, 5.41) is 12.9. The lowest BCUT2D eigenvalue weighted by Gasteiger charge is -2.17. The summed E-state index contributed by atoms with van der Waals surface area (Å²) in [5.74, 6) is -0.161. The highest BCUT2D eigenvalue weighted by Crippen LogP contribution is 2.27. The van der Waals surface area contributed by atoms with E-state index >= 15 is 0 Å². The highest BCUT2D eigenvalue weighted by molar-refractivity contribution is 5.46. The molecule has 2 N–H and O–H groups in total. The summed E-state index contributed by atoms with van der Waals surface area (Å²) in [6, 6.07) is 6.64. The smallest absolute Gasteiger partial charge is 0.143 e. The Morgan fingerprint density at radius 1 is 1.28 bits per heavy atom. The first-order valence-electron chi connectivity index (χ1n) is 5.73. The second-order valence-electron chi connectivity index (χ2n) is 4.32. The van der Waals surface area contributed by atoms with E-state index in [0.717, 1.165) is 17.3 Å². The average molecular weight is 246 g/mol. The van der Waals surface area contributed by atoms with Crippen LogP contribution in [-0.2, 0) is 0 Å². The number of aromatic hydroxyl groups is 1. The van der Waals surface area contributed by atoms with Crippen LogP contribution in [0.25, 0.3) is 0 Å². The number of phenolic OH excluding ortho intramolecular Hbond substituents is 1. The van der Waals surface area contributed by atoms with Gasteiger partial charge in [-0.05, 0) is 19.9 Å². The number of pyridine rings is 1. The second-order valence-corrected chi connectivity index (χ2v) is 4.32. The topological polar surface area (TPSA) is 45.1 Å². The fraction of sp³-hybridized carbons (Fsp3) is 0.214. The summed E-state index contributed by atoms with van der Waals surface area (Å²) < 4.78 is 13.0. The molecule has 1 heterocycles. The van der Waals surface area contributed by atoms with Crippen molar-refractivity contribution >= 4 is 5.69 Å². The van der Waals surface area contributed by atoms with Crippen molar-refractivity contribution in [2.75, 3.05) is 5.32 Å². The zero-order chi connectivity index (χ0) is 13.1. The highest BCUT2D eigenvalue weighted by Gasteiger charge is 2.10. The van der Waals surface area contributed by atoms with Crippen LogP contribution < -0.4 is 5.32 Å². The van der Waals surface area contributed by atoms with Crippen LogP contribution in [-0.4, -0.2) is 10.1 Å². The first kappa shape index (κ1) is 12.4. The van der Waals surface area contributed by atoms with Gasteiger partial charge >= 0.3 is 0 Å². The molecule has 0 amide bonds. The molecular formula is C14H15FN2O. The number of hydrogen-bond donors (Lipinski definition) is 2. The first-order chi connectivity index (χ1) is 8.56. The molecule has 0 radical (unpaired) electrons. The predicted molar refractivity (Wildman–Crippen MR) is 69.1 cm³/mol. The molecular weight excluding hydrogens is 231 g/mol. The van der Waals surface area contributed by atoms with Gasteiger partial charge < -0.3 is 10.4 Å². The third-order valence-corrected chi connectivity index (χ3v) is 2.74. The largest absolute Gasteiger partial charge is 0.508 e. The Balaban J connectivity index is 2.21. The van der Waals surface area contributed by atoms with Crippen LogP contribution in [0.5, 0.6) is 5.75 Å². The normalized spacial score (nSPS) is 12.2. The van der Waals surface area contributed by atoms with Crippen LogP contribution in [0.2, 0.25) is 0 Å². The van der Waals surface area contributed by atoms with Crippen LogP contribution in [0.4, 0.5) is 10.1 Å². The van der Waals surface area contributed by atoms with Gasteiger partial charge in [0.05, 0.1) is 24.1 Å². The molecule has 2 aromatic rings. The molecule has 1 aromatic carbocycles. The van der Waals surface area contributed by atoms with Gasteiger partial charge in [0.1, 0.15) is 11.6 Å². The van der Waals surface area contributed by atoms with E-state index in [1.807, 2.05) is 26.0 Å². The molecule has 2 rings (SSSR count). The maximum atomic E-state index is 13.0. The van der Waals surface area contributed by atoms with Crippen LogP contribution in [0.15, 0.2) is 36.7 Å². The lowest BCUT2D eigenvalue weighted by Crippen LogP contribution is -2.07. The summed E-state index contributed by atoms with van der Waals surface area (Å²) in [4.78, 5) is 3.77. The quantitative estimate of drug-likeness (QED) is 0.872. The predicted octanol–water partition coefficient (Wildman–Crippen LogP) is 3.41. The Morgan fingerprint density at radius 2 is 2.06 bits per heavy atom. The maximum absolute atomic E-state index is 13.0. The van der Waals surface area contributed by atoms with Crippen molar-refractivity contribution in [1.29, 1.82) is 0 Å². The molecule has 0 aliphatic carbocycles. The zero-order valence-corrected chi connectivity index (χ0v) is 10.3. The molecule has 0 saturated carbocycles. The van der Waals surface area contributed by atoms with E-state index in [9.17, 15) is 9.50 Å². The molecule has 0 bridgehead atoms. The molecule has 0 fully saturated rings. The van der Waals surface area contributed by atoms with E-state index in [2.05, 4.69) is 10.3 Å². The van der Waals surface area contributed by atoms with Crippen LogP contribution >= 0.6 is 0 Å². The van der Waals surface area contributed by atoms with E-state index < -0.39 is 0 Å². The number of aryl methyl sites for hydroxylation is 1. The summed E-state index contributed by atoms with van der Waals surface area (Å²) in [6.45, 7) is 3.86. The minimum Gasteiger partial charge on any atom is -0.508 e. The molecule has 3 nitrogen and oxygen atoms in total. The lowest BCUT2D eigenvalue weighted by molar-refractivity contribution is 0.465. The van der Waals surface area contributed by atoms with Gasteiger partial charge in [-0.3, -0.25) is 4.98 Å². The van der Waals surface area contributed by atoms with Crippen molar-refractivity contribution in [2.45, 2.75) is 19.9 Å². The fourth-order valence-electron chi connectivity index (χ4n) is 1.84. The van der Waals surface area contributed by atoms with Crippen molar-refractivity contribution in [3.8, 4) is 5.75 Å². The summed E-state index contributed by atoms with van der Waals surface area (Å²) >= 11 is 0. The first-order valence-corrected chi connectivity index (χ1v) is 5.73. The fourth-order valence-corrected chi connectivity index (χ4v) is 1.84. The molecule has 0 aliphatic heterocycles. The van der Waals surface area contributed by atoms with E-state index in [0.29, 0.717) is 5.69 Å². The molecule has 94 valence electrons. The SMILES string of the molecule is Cc1ccc(O)c(C(C)Nc2cncc(F)c2)c1. The number of aromatic nitrogens is 1. The number of anilines is 1. The van der Waals surface area contributed by atoms with Crippen molar-refractivity contribution in [3.05, 3.63) is 53.6 Å². The van der Waals surface area contributed by atoms with Gasteiger partial charge in [-0.25, -0.2) is 4.39 Å². The second kappa shape index (κ2) is 5.04. The molecule has 1 atom stereocenters. The number of phenols is 1. The third-order valence-electron chi connectivity index (χ3n) is 2.74. The van der Waals surface area contributed by atoms with Crippen LogP contribution in [0, 0.1) is 12.7 Å². The van der Waals surface area contributed by atoms with Crippen molar-refractivity contribution in [3.63, 3.8) is 0 Å². The third kappa shape index (κ3) is 2.77. The van der Waals surface area contributed by atoms with Gasteiger partial charge in [0.25, 0.3) is 0 Å². The minimum atomic E-state index is -0.388. The van der Waals surface area contributed by atoms with Crippen LogP contribution in [0.1, 0.15) is 24.1 Å². The molecule has 0 saturated heterocycles. The highest BCUT2D eigenvalue weighted by atomic mass is 19.1. The number of halogens is 1. The van der Waals surface area contributed by atoms with Gasteiger partial charge in [-0.2, -0.15) is 0 Å². The zero-order valence-electron chi connectivity index (χ0n) is 10.3. The Labute approximate surface area is 105 Å². The van der Waals surface area contributed by atoms with Crippen molar-refractivity contribution in [1.82, 2.24) is 4.98 Å². The molecule has 1 aromatic heterocycles. The Hall–Kier alpha value is -2.10. The van der Waals surface area contributed by atoms with Crippen LogP contribution in [0.3, 0.4) is 0 Å². The number of benzene rings is 1. The number of nitrogens with one attached hydrogen (secondary N) is 1. The summed E-state index contributed by atoms with van der Waals surface area (Å²) in [6.07, 6.45) is 2.70. The molecule has 0 spiro atoms. The monoisotopic (exact) mass is 246 g/mol. The summed E-state index contributed by atoms with van der Waals surface area (Å²) in [5.41, 5.74) is 2.43. The summed E-state index contributed by atoms with van der Waals surface area (Å²) in [7, 11) is 0. The van der Waals surface area contributed by atoms with Gasteiger partial charge in [0.2, 0.25) is 0 Å². The Bertz CT molecular complexity index is 557. The van der Waals surface area contributed by atoms with Gasteiger partial charge in [-0.15, -0.1) is 0 Å². The van der Waals surface area contributed by atoms with E-state index in [1.54, 1.807) is 12.3 Å². The maximum Gasteiger partial charge on any atom is 0.143 e. The van der Waals surface area contributed by atoms with E-state index in [-0.39, 0.29) is 17.6 Å². The van der Waals surface area contributed by atoms with Gasteiger partial charge in [0.15, 0.2) is 0 Å². The number of nitrogens with zero attached hydrogens (tertiary/aromatic N) is 1. The molecule has 18 heavy (non-hydrogen) atoms. The lowest BCUT2D eigenvalue weighted by atomic mass is 10.0. The van der Waals surface area contributed by atoms with E-state index in [1.165, 1.54) is 6.07 Å². The molecule has 4 heteroatoms. The standard InChI is InChI=1S/C14H15FN2O/c1-9-3-4-14(18)13(5-9)10(2)17-12-6-11(15)7-16-8-12/h3-8,10,17-18H,1-2H3. The van der Waals surface area contributed by atoms with E-state index in [4.69, 9.17) is 0 Å². The minimum absolute atomic E-state index is 0.131. The average Bonchev–Trinajstić information content (AvgIpc) is 2.32. The van der Waals surface area contributed by atoms with Gasteiger partial charge in [-0.1, -0.05) is 17.7 Å². The van der Waals surface area contributed by atoms with Crippen molar-refractivity contribution < 1.29 is 9.50 Å².